The van der Waals surface area contributed by atoms with Gasteiger partial charge in [0, 0.05) is 7.05 Å². The number of nitrogens with two attached hydrogens (primary N) is 1. The van der Waals surface area contributed by atoms with Crippen molar-refractivity contribution in [1.82, 2.24) is 0 Å². The summed E-state index contributed by atoms with van der Waals surface area (Å²) in [4.78, 5) is 0.000731. The SMILES string of the molecule is COc1ccc(N(C)S(=O)(=O)c2ccc(F)cc2)cc1N. The second kappa shape index (κ2) is 5.61. The second-order valence-corrected chi connectivity index (χ2v) is 6.32. The lowest BCUT2D eigenvalue weighted by atomic mass is 10.2. The predicted molar refractivity (Wildman–Crippen MR) is 79.4 cm³/mol. The Morgan fingerprint density at radius 3 is 2.29 bits per heavy atom. The standard InChI is InChI=1S/C14H15FN2O3S/c1-17(11-5-8-14(20-2)13(16)9-11)21(18,19)12-6-3-10(15)4-7-12/h3-9H,16H2,1-2H3. The molecule has 2 N–H and O–H groups in total. The zero-order valence-corrected chi connectivity index (χ0v) is 12.4. The van der Waals surface area contributed by atoms with Gasteiger partial charge >= 0.3 is 0 Å². The molecular weight excluding hydrogens is 295 g/mol. The topological polar surface area (TPSA) is 72.6 Å². The second-order valence-electron chi connectivity index (χ2n) is 4.35. The third-order valence-corrected chi connectivity index (χ3v) is 4.85. The first-order valence-electron chi connectivity index (χ1n) is 6.04. The van der Waals surface area contributed by atoms with Crippen LogP contribution in [0, 0.1) is 5.82 Å². The van der Waals surface area contributed by atoms with E-state index in [-0.39, 0.29) is 4.90 Å². The fourth-order valence-corrected chi connectivity index (χ4v) is 3.01. The molecule has 0 spiro atoms. The molecule has 7 heteroatoms. The molecule has 2 rings (SSSR count). The number of anilines is 2. The smallest absolute Gasteiger partial charge is 0.264 e. The number of benzene rings is 2. The predicted octanol–water partition coefficient (Wildman–Crippen LogP) is 2.24. The van der Waals surface area contributed by atoms with Crippen molar-refractivity contribution in [1.29, 1.82) is 0 Å². The van der Waals surface area contributed by atoms with E-state index in [1.807, 2.05) is 0 Å². The highest BCUT2D eigenvalue weighted by atomic mass is 32.2. The number of ether oxygens (including phenoxy) is 1. The van der Waals surface area contributed by atoms with Crippen LogP contribution in [0.1, 0.15) is 0 Å². The van der Waals surface area contributed by atoms with Crippen molar-refractivity contribution >= 4 is 21.4 Å². The average molecular weight is 310 g/mol. The van der Waals surface area contributed by atoms with Crippen LogP contribution in [0.5, 0.6) is 5.75 Å². The molecular formula is C14H15FN2O3S. The van der Waals surface area contributed by atoms with E-state index in [0.717, 1.165) is 16.4 Å². The Bertz CT molecular complexity index is 745. The zero-order chi connectivity index (χ0) is 15.6. The molecule has 5 nitrogen and oxygen atoms in total. The van der Waals surface area contributed by atoms with Crippen molar-refractivity contribution in [2.45, 2.75) is 4.90 Å². The molecule has 0 radical (unpaired) electrons. The minimum absolute atomic E-state index is 0.000731. The monoisotopic (exact) mass is 310 g/mol. The highest BCUT2D eigenvalue weighted by Crippen LogP contribution is 2.29. The number of hydrogen-bond acceptors (Lipinski definition) is 4. The summed E-state index contributed by atoms with van der Waals surface area (Å²) < 4.78 is 43.9. The average Bonchev–Trinajstić information content (AvgIpc) is 2.46. The van der Waals surface area contributed by atoms with Gasteiger partial charge in [0.05, 0.1) is 23.4 Å². The van der Waals surface area contributed by atoms with Crippen LogP contribution in [-0.2, 0) is 10.0 Å². The normalized spacial score (nSPS) is 11.2. The van der Waals surface area contributed by atoms with Gasteiger partial charge in [-0.2, -0.15) is 0 Å². The summed E-state index contributed by atoms with van der Waals surface area (Å²) in [6.45, 7) is 0. The van der Waals surface area contributed by atoms with Crippen LogP contribution in [0.2, 0.25) is 0 Å². The molecule has 2 aromatic rings. The molecule has 0 aliphatic rings. The zero-order valence-electron chi connectivity index (χ0n) is 11.6. The molecule has 0 bridgehead atoms. The van der Waals surface area contributed by atoms with Crippen molar-refractivity contribution in [2.24, 2.45) is 0 Å². The van der Waals surface area contributed by atoms with Crippen molar-refractivity contribution in [2.75, 3.05) is 24.2 Å². The molecule has 112 valence electrons. The number of nitrogens with zero attached hydrogens (tertiary/aromatic N) is 1. The molecule has 2 aromatic carbocycles. The number of nitrogen functional groups attached to an aromatic ring is 1. The lowest BCUT2D eigenvalue weighted by Gasteiger charge is -2.20. The number of hydrogen-bond donors (Lipinski definition) is 1. The largest absolute Gasteiger partial charge is 0.495 e. The minimum Gasteiger partial charge on any atom is -0.495 e. The Hall–Kier alpha value is -2.28. The van der Waals surface area contributed by atoms with Crippen LogP contribution in [0.15, 0.2) is 47.4 Å². The fraction of sp³-hybridized carbons (Fsp3) is 0.143. The summed E-state index contributed by atoms with van der Waals surface area (Å²) in [5.41, 5.74) is 6.49. The van der Waals surface area contributed by atoms with Gasteiger partial charge in [0.1, 0.15) is 11.6 Å². The third kappa shape index (κ3) is 2.92. The van der Waals surface area contributed by atoms with Crippen LogP contribution < -0.4 is 14.8 Å². The maximum atomic E-state index is 12.9. The van der Waals surface area contributed by atoms with Crippen molar-refractivity contribution < 1.29 is 17.5 Å². The summed E-state index contributed by atoms with van der Waals surface area (Å²) in [6.07, 6.45) is 0. The van der Waals surface area contributed by atoms with Crippen molar-refractivity contribution in [3.8, 4) is 5.75 Å². The van der Waals surface area contributed by atoms with Gasteiger partial charge in [-0.15, -0.1) is 0 Å². The summed E-state index contributed by atoms with van der Waals surface area (Å²) >= 11 is 0. The third-order valence-electron chi connectivity index (χ3n) is 3.05. The number of sulfonamides is 1. The maximum absolute atomic E-state index is 12.9. The van der Waals surface area contributed by atoms with E-state index in [0.29, 0.717) is 17.1 Å². The fourth-order valence-electron chi connectivity index (χ4n) is 1.82. The lowest BCUT2D eigenvalue weighted by Crippen LogP contribution is -2.26. The molecule has 0 saturated heterocycles. The Balaban J connectivity index is 2.40. The van der Waals surface area contributed by atoms with E-state index < -0.39 is 15.8 Å². The van der Waals surface area contributed by atoms with E-state index in [9.17, 15) is 12.8 Å². The van der Waals surface area contributed by atoms with Crippen LogP contribution >= 0.6 is 0 Å². The van der Waals surface area contributed by atoms with Gasteiger partial charge in [-0.1, -0.05) is 0 Å². The summed E-state index contributed by atoms with van der Waals surface area (Å²) in [5.74, 6) is -0.0309. The van der Waals surface area contributed by atoms with E-state index in [1.54, 1.807) is 12.1 Å². The Labute approximate surface area is 122 Å². The van der Waals surface area contributed by atoms with Gasteiger partial charge in [-0.25, -0.2) is 12.8 Å². The Morgan fingerprint density at radius 1 is 1.14 bits per heavy atom. The van der Waals surface area contributed by atoms with E-state index in [4.69, 9.17) is 10.5 Å². The van der Waals surface area contributed by atoms with Crippen molar-refractivity contribution in [3.63, 3.8) is 0 Å². The molecule has 0 aromatic heterocycles. The summed E-state index contributed by atoms with van der Waals surface area (Å²) in [5, 5.41) is 0. The van der Waals surface area contributed by atoms with Crippen LogP contribution in [-0.4, -0.2) is 22.6 Å². The van der Waals surface area contributed by atoms with Gasteiger partial charge < -0.3 is 10.5 Å². The van der Waals surface area contributed by atoms with Crippen LogP contribution in [0.25, 0.3) is 0 Å². The molecule has 0 fully saturated rings. The Morgan fingerprint density at radius 2 is 1.76 bits per heavy atom. The first-order valence-corrected chi connectivity index (χ1v) is 7.48. The number of halogens is 1. The molecule has 0 saturated carbocycles. The number of rotatable bonds is 4. The molecule has 0 aliphatic carbocycles. The minimum atomic E-state index is -3.77. The maximum Gasteiger partial charge on any atom is 0.264 e. The lowest BCUT2D eigenvalue weighted by molar-refractivity contribution is 0.417. The summed E-state index contributed by atoms with van der Waals surface area (Å²) in [6, 6.07) is 9.30. The Kier molecular flexibility index (Phi) is 4.04. The highest BCUT2D eigenvalue weighted by molar-refractivity contribution is 7.92. The van der Waals surface area contributed by atoms with E-state index in [1.165, 1.54) is 32.4 Å². The van der Waals surface area contributed by atoms with Gasteiger partial charge in [0.15, 0.2) is 0 Å². The molecule has 0 atom stereocenters. The first kappa shape index (κ1) is 15.1. The van der Waals surface area contributed by atoms with Gasteiger partial charge in [0.25, 0.3) is 10.0 Å². The van der Waals surface area contributed by atoms with Crippen LogP contribution in [0.4, 0.5) is 15.8 Å². The van der Waals surface area contributed by atoms with E-state index >= 15 is 0 Å². The highest BCUT2D eigenvalue weighted by Gasteiger charge is 2.21. The van der Waals surface area contributed by atoms with Gasteiger partial charge in [0.2, 0.25) is 0 Å². The summed E-state index contributed by atoms with van der Waals surface area (Å²) in [7, 11) is -0.896. The van der Waals surface area contributed by atoms with E-state index in [2.05, 4.69) is 0 Å². The van der Waals surface area contributed by atoms with Crippen LogP contribution in [0.3, 0.4) is 0 Å². The quantitative estimate of drug-likeness (QED) is 0.879. The van der Waals surface area contributed by atoms with Gasteiger partial charge in [-0.3, -0.25) is 4.31 Å². The number of methoxy groups -OCH3 is 1. The molecule has 0 heterocycles. The molecule has 21 heavy (non-hydrogen) atoms. The molecule has 0 aliphatic heterocycles. The first-order chi connectivity index (χ1) is 9.86. The van der Waals surface area contributed by atoms with Gasteiger partial charge in [-0.05, 0) is 42.5 Å². The molecule has 0 unspecified atom stereocenters. The molecule has 0 amide bonds. The van der Waals surface area contributed by atoms with Crippen molar-refractivity contribution in [3.05, 3.63) is 48.3 Å².